The topological polar surface area (TPSA) is 48.1 Å². The lowest BCUT2D eigenvalue weighted by atomic mass is 9.95. The Bertz CT molecular complexity index is 182. The van der Waals surface area contributed by atoms with Crippen LogP contribution < -0.4 is 21.3 Å². The third-order valence-electron chi connectivity index (χ3n) is 3.37. The summed E-state index contributed by atoms with van der Waals surface area (Å²) in [6.45, 7) is 13.2. The summed E-state index contributed by atoms with van der Waals surface area (Å²) in [5, 5.41) is 14.4. The number of rotatable bonds is 9. The first-order valence-electron chi connectivity index (χ1n) is 7.60. The molecule has 3 unspecified atom stereocenters. The second kappa shape index (κ2) is 9.73. The van der Waals surface area contributed by atoms with Gasteiger partial charge in [-0.3, -0.25) is 0 Å². The molecule has 1 heterocycles. The lowest BCUT2D eigenvalue weighted by Crippen LogP contribution is -2.66. The zero-order valence-electron chi connectivity index (χ0n) is 12.3. The van der Waals surface area contributed by atoms with Gasteiger partial charge < -0.3 is 21.3 Å². The van der Waals surface area contributed by atoms with Gasteiger partial charge in [-0.15, -0.1) is 0 Å². The molecule has 1 fully saturated rings. The van der Waals surface area contributed by atoms with Gasteiger partial charge in [-0.05, 0) is 38.9 Å². The van der Waals surface area contributed by atoms with Crippen molar-refractivity contribution in [3.8, 4) is 0 Å². The molecule has 107 valence electrons. The van der Waals surface area contributed by atoms with Crippen molar-refractivity contribution in [3.05, 3.63) is 6.54 Å². The molecule has 1 saturated heterocycles. The molecule has 0 aliphatic carbocycles. The van der Waals surface area contributed by atoms with Gasteiger partial charge in [0.2, 0.25) is 0 Å². The largest absolute Gasteiger partial charge is 0.311 e. The van der Waals surface area contributed by atoms with E-state index in [0.29, 0.717) is 18.1 Å². The average molecular weight is 255 g/mol. The summed E-state index contributed by atoms with van der Waals surface area (Å²) in [5.74, 6) is 0. The van der Waals surface area contributed by atoms with Crippen LogP contribution >= 0.6 is 0 Å². The number of hydrogen-bond acceptors (Lipinski definition) is 4. The van der Waals surface area contributed by atoms with Gasteiger partial charge in [0.15, 0.2) is 0 Å². The molecule has 0 aromatic heterocycles. The highest BCUT2D eigenvalue weighted by Crippen LogP contribution is 2.08. The van der Waals surface area contributed by atoms with E-state index in [2.05, 4.69) is 48.6 Å². The summed E-state index contributed by atoms with van der Waals surface area (Å²) in [6, 6.07) is 1.42. The minimum atomic E-state index is 0.416. The maximum atomic E-state index is 3.69. The van der Waals surface area contributed by atoms with Crippen molar-refractivity contribution in [3.63, 3.8) is 0 Å². The van der Waals surface area contributed by atoms with Crippen molar-refractivity contribution in [2.45, 2.75) is 58.2 Å². The molecule has 4 N–H and O–H groups in total. The van der Waals surface area contributed by atoms with Crippen LogP contribution in [0.4, 0.5) is 0 Å². The fourth-order valence-electron chi connectivity index (χ4n) is 2.41. The molecule has 1 radical (unpaired) electrons. The summed E-state index contributed by atoms with van der Waals surface area (Å²) in [5.41, 5.74) is 0. The average Bonchev–Trinajstić information content (AvgIpc) is 2.41. The Balaban J connectivity index is 2.51. The molecule has 1 rings (SSSR count). The van der Waals surface area contributed by atoms with Crippen LogP contribution in [0.25, 0.3) is 0 Å². The Morgan fingerprint density at radius 1 is 0.944 bits per heavy atom. The summed E-state index contributed by atoms with van der Waals surface area (Å²) in [4.78, 5) is 0. The zero-order valence-corrected chi connectivity index (χ0v) is 12.3. The van der Waals surface area contributed by atoms with E-state index in [-0.39, 0.29) is 0 Å². The Morgan fingerprint density at radius 3 is 2.22 bits per heavy atom. The van der Waals surface area contributed by atoms with Gasteiger partial charge in [-0.2, -0.15) is 0 Å². The van der Waals surface area contributed by atoms with Crippen molar-refractivity contribution in [1.82, 2.24) is 21.3 Å². The highest BCUT2D eigenvalue weighted by Gasteiger charge is 2.31. The molecule has 4 nitrogen and oxygen atoms in total. The molecule has 0 saturated carbocycles. The number of hydrogen-bond donors (Lipinski definition) is 4. The molecule has 4 heteroatoms. The van der Waals surface area contributed by atoms with Crippen molar-refractivity contribution >= 4 is 0 Å². The summed E-state index contributed by atoms with van der Waals surface area (Å²) >= 11 is 0. The maximum absolute atomic E-state index is 3.69. The summed E-state index contributed by atoms with van der Waals surface area (Å²) < 4.78 is 0. The SMILES string of the molecule is CCCNC1[CH]NCC(NCCC)C1NCCC. The van der Waals surface area contributed by atoms with E-state index >= 15 is 0 Å². The molecule has 0 spiro atoms. The van der Waals surface area contributed by atoms with Gasteiger partial charge in [0.1, 0.15) is 0 Å². The van der Waals surface area contributed by atoms with Crippen LogP contribution in [0.3, 0.4) is 0 Å². The molecule has 0 aromatic carbocycles. The van der Waals surface area contributed by atoms with Gasteiger partial charge in [0.25, 0.3) is 0 Å². The van der Waals surface area contributed by atoms with Gasteiger partial charge in [0, 0.05) is 31.2 Å². The third kappa shape index (κ3) is 5.22. The first kappa shape index (κ1) is 15.9. The van der Waals surface area contributed by atoms with Crippen molar-refractivity contribution < 1.29 is 0 Å². The first-order chi connectivity index (χ1) is 8.83. The highest BCUT2D eigenvalue weighted by atomic mass is 15.1. The normalized spacial score (nSPS) is 28.5. The molecular weight excluding hydrogens is 224 g/mol. The molecular formula is C14H31N4. The van der Waals surface area contributed by atoms with E-state index < -0.39 is 0 Å². The van der Waals surface area contributed by atoms with Crippen molar-refractivity contribution in [2.24, 2.45) is 0 Å². The van der Waals surface area contributed by atoms with E-state index in [9.17, 15) is 0 Å². The second-order valence-corrected chi connectivity index (χ2v) is 5.10. The second-order valence-electron chi connectivity index (χ2n) is 5.10. The quantitative estimate of drug-likeness (QED) is 0.493. The Kier molecular flexibility index (Phi) is 8.59. The number of nitrogens with one attached hydrogen (secondary N) is 4. The molecule has 0 bridgehead atoms. The lowest BCUT2D eigenvalue weighted by Gasteiger charge is -2.40. The summed E-state index contributed by atoms with van der Waals surface area (Å²) in [7, 11) is 0. The van der Waals surface area contributed by atoms with E-state index in [1.807, 2.05) is 0 Å². The highest BCUT2D eigenvalue weighted by molar-refractivity contribution is 5.03. The van der Waals surface area contributed by atoms with Gasteiger partial charge in [-0.1, -0.05) is 20.8 Å². The first-order valence-corrected chi connectivity index (χ1v) is 7.60. The zero-order chi connectivity index (χ0) is 13.2. The minimum Gasteiger partial charge on any atom is -0.311 e. The van der Waals surface area contributed by atoms with E-state index in [1.165, 1.54) is 19.3 Å². The smallest absolute Gasteiger partial charge is 0.0408 e. The van der Waals surface area contributed by atoms with Gasteiger partial charge in [0.05, 0.1) is 0 Å². The van der Waals surface area contributed by atoms with Crippen LogP contribution in [0.5, 0.6) is 0 Å². The fourth-order valence-corrected chi connectivity index (χ4v) is 2.41. The Labute approximate surface area is 113 Å². The van der Waals surface area contributed by atoms with Crippen LogP contribution in [-0.4, -0.2) is 44.3 Å². The molecule has 3 atom stereocenters. The summed E-state index contributed by atoms with van der Waals surface area (Å²) in [6.07, 6.45) is 3.55. The third-order valence-corrected chi connectivity index (χ3v) is 3.37. The van der Waals surface area contributed by atoms with Crippen LogP contribution in [0.1, 0.15) is 40.0 Å². The molecule has 18 heavy (non-hydrogen) atoms. The molecule has 0 amide bonds. The van der Waals surface area contributed by atoms with Crippen LogP contribution in [-0.2, 0) is 0 Å². The maximum Gasteiger partial charge on any atom is 0.0408 e. The predicted octanol–water partition coefficient (Wildman–Crippen LogP) is 0.856. The molecule has 1 aliphatic heterocycles. The van der Waals surface area contributed by atoms with Gasteiger partial charge >= 0.3 is 0 Å². The van der Waals surface area contributed by atoms with Crippen LogP contribution in [0.2, 0.25) is 0 Å². The van der Waals surface area contributed by atoms with E-state index in [4.69, 9.17) is 0 Å². The van der Waals surface area contributed by atoms with E-state index in [1.54, 1.807) is 0 Å². The predicted molar refractivity (Wildman–Crippen MR) is 78.5 cm³/mol. The molecule has 1 aliphatic rings. The van der Waals surface area contributed by atoms with Gasteiger partial charge in [-0.25, -0.2) is 0 Å². The molecule has 0 aromatic rings. The van der Waals surface area contributed by atoms with E-state index in [0.717, 1.165) is 26.2 Å². The minimum absolute atomic E-state index is 0.416. The van der Waals surface area contributed by atoms with Crippen molar-refractivity contribution in [1.29, 1.82) is 0 Å². The number of piperidine rings is 1. The van der Waals surface area contributed by atoms with Crippen LogP contribution in [0.15, 0.2) is 0 Å². The monoisotopic (exact) mass is 255 g/mol. The Morgan fingerprint density at radius 2 is 1.56 bits per heavy atom. The lowest BCUT2D eigenvalue weighted by molar-refractivity contribution is 0.266. The standard InChI is InChI=1S/C14H31N4/c1-4-7-16-12-10-15-11-13(17-8-5-2)14(12)18-9-6-3/h10,12-18H,4-9,11H2,1-3H3. The Hall–Kier alpha value is -0.160. The fraction of sp³-hybridized carbons (Fsp3) is 0.929. The van der Waals surface area contributed by atoms with Crippen LogP contribution in [0, 0.1) is 6.54 Å². The van der Waals surface area contributed by atoms with Crippen molar-refractivity contribution in [2.75, 3.05) is 26.2 Å².